The lowest BCUT2D eigenvalue weighted by Crippen LogP contribution is -2.59. The van der Waals surface area contributed by atoms with E-state index in [4.69, 9.17) is 5.73 Å². The molecule has 0 aromatic heterocycles. The summed E-state index contributed by atoms with van der Waals surface area (Å²) >= 11 is 0. The smallest absolute Gasteiger partial charge is 0.326 e. The number of aliphatic hydroxyl groups excluding tert-OH is 1. The fourth-order valence-electron chi connectivity index (χ4n) is 2.69. The van der Waals surface area contributed by atoms with Gasteiger partial charge in [-0.15, -0.1) is 0 Å². The van der Waals surface area contributed by atoms with Crippen LogP contribution in [-0.2, 0) is 25.6 Å². The number of benzene rings is 1. The largest absolute Gasteiger partial charge is 0.508 e. The number of rotatable bonds is 11. The Bertz CT molecular complexity index is 811. The van der Waals surface area contributed by atoms with Crippen molar-refractivity contribution in [1.82, 2.24) is 16.0 Å². The highest BCUT2D eigenvalue weighted by Gasteiger charge is 2.31. The number of amides is 3. The van der Waals surface area contributed by atoms with Crippen molar-refractivity contribution in [2.24, 2.45) is 11.7 Å². The zero-order valence-electron chi connectivity index (χ0n) is 18.5. The second kappa shape index (κ2) is 12.0. The third-order valence-corrected chi connectivity index (χ3v) is 4.83. The van der Waals surface area contributed by atoms with Gasteiger partial charge in [-0.25, -0.2) is 4.79 Å². The quantitative estimate of drug-likeness (QED) is 0.219. The molecule has 3 amide bonds. The predicted octanol–water partition coefficient (Wildman–Crippen LogP) is -1.14. The topological polar surface area (TPSA) is 191 Å². The highest BCUT2D eigenvalue weighted by atomic mass is 16.4. The number of phenols is 1. The molecule has 5 unspecified atom stereocenters. The average molecular weight is 453 g/mol. The van der Waals surface area contributed by atoms with E-state index in [1.807, 2.05) is 0 Å². The minimum atomic E-state index is -1.35. The van der Waals surface area contributed by atoms with Crippen LogP contribution in [0, 0.1) is 5.92 Å². The van der Waals surface area contributed by atoms with E-state index in [9.17, 15) is 34.5 Å². The predicted molar refractivity (Wildman–Crippen MR) is 115 cm³/mol. The molecule has 0 saturated heterocycles. The molecule has 0 bridgehead atoms. The number of phenolic OH excluding ortho intramolecular Hbond substituents is 1. The van der Waals surface area contributed by atoms with Crippen LogP contribution in [0.1, 0.15) is 33.3 Å². The van der Waals surface area contributed by atoms with Gasteiger partial charge in [-0.2, -0.15) is 0 Å². The van der Waals surface area contributed by atoms with E-state index in [1.165, 1.54) is 38.1 Å². The maximum Gasteiger partial charge on any atom is 0.326 e. The molecule has 0 saturated carbocycles. The summed E-state index contributed by atoms with van der Waals surface area (Å²) in [6.07, 6.45) is -1.31. The summed E-state index contributed by atoms with van der Waals surface area (Å²) in [6.45, 7) is 6.10. The number of nitrogens with one attached hydrogen (secondary N) is 3. The van der Waals surface area contributed by atoms with Gasteiger partial charge in [0.2, 0.25) is 17.7 Å². The maximum atomic E-state index is 12.5. The summed E-state index contributed by atoms with van der Waals surface area (Å²) in [6, 6.07) is 1.18. The van der Waals surface area contributed by atoms with Gasteiger partial charge in [0.25, 0.3) is 0 Å². The molecule has 0 aliphatic carbocycles. The second-order valence-corrected chi connectivity index (χ2v) is 8.00. The van der Waals surface area contributed by atoms with Gasteiger partial charge >= 0.3 is 5.97 Å². The fraction of sp³-hybridized carbons (Fsp3) is 0.524. The number of hydrogen-bond donors (Lipinski definition) is 7. The standard InChI is InChI=1S/C21H32N4O7/c1-10(2)16(22)19(29)25-17(12(4)26)20(30)23-11(3)18(28)24-15(21(31)32)9-13-5-7-14(27)8-6-13/h5-8,10-12,15-17,26-27H,9,22H2,1-4H3,(H,23,30)(H,24,28)(H,25,29)(H,31,32). The SMILES string of the molecule is CC(NC(=O)C(NC(=O)C(N)C(C)C)C(C)O)C(=O)NC(Cc1ccc(O)cc1)C(=O)O. The number of carboxylic acid groups (broad SMARTS) is 1. The van der Waals surface area contributed by atoms with Crippen LogP contribution in [0.15, 0.2) is 24.3 Å². The minimum absolute atomic E-state index is 0.0232. The van der Waals surface area contributed by atoms with Crippen molar-refractivity contribution in [3.05, 3.63) is 29.8 Å². The van der Waals surface area contributed by atoms with E-state index in [0.29, 0.717) is 5.56 Å². The molecule has 0 heterocycles. The van der Waals surface area contributed by atoms with E-state index in [2.05, 4.69) is 16.0 Å². The third-order valence-electron chi connectivity index (χ3n) is 4.83. The van der Waals surface area contributed by atoms with Gasteiger partial charge < -0.3 is 37.0 Å². The van der Waals surface area contributed by atoms with E-state index >= 15 is 0 Å². The van der Waals surface area contributed by atoms with Gasteiger partial charge in [0.1, 0.15) is 23.9 Å². The van der Waals surface area contributed by atoms with Crippen LogP contribution in [0.2, 0.25) is 0 Å². The van der Waals surface area contributed by atoms with Gasteiger partial charge in [-0.05, 0) is 37.5 Å². The Labute approximate surface area is 186 Å². The van der Waals surface area contributed by atoms with E-state index in [1.54, 1.807) is 13.8 Å². The lowest BCUT2D eigenvalue weighted by atomic mass is 10.0. The summed E-state index contributed by atoms with van der Waals surface area (Å²) in [5.74, 6) is -3.66. The number of aromatic hydroxyl groups is 1. The van der Waals surface area contributed by atoms with Gasteiger partial charge in [0, 0.05) is 6.42 Å². The minimum Gasteiger partial charge on any atom is -0.508 e. The van der Waals surface area contributed by atoms with Crippen LogP contribution in [0.25, 0.3) is 0 Å². The van der Waals surface area contributed by atoms with E-state index in [-0.39, 0.29) is 18.1 Å². The van der Waals surface area contributed by atoms with Crippen molar-refractivity contribution in [2.45, 2.75) is 64.4 Å². The number of carbonyl (C=O) groups is 4. The van der Waals surface area contributed by atoms with E-state index in [0.717, 1.165) is 0 Å². The monoisotopic (exact) mass is 452 g/mol. The number of carboxylic acids is 1. The molecular formula is C21H32N4O7. The molecule has 1 aromatic carbocycles. The molecular weight excluding hydrogens is 420 g/mol. The molecule has 0 radical (unpaired) electrons. The highest BCUT2D eigenvalue weighted by Crippen LogP contribution is 2.11. The molecule has 11 heteroatoms. The lowest BCUT2D eigenvalue weighted by Gasteiger charge is -2.25. The van der Waals surface area contributed by atoms with Crippen LogP contribution < -0.4 is 21.7 Å². The van der Waals surface area contributed by atoms with Crippen molar-refractivity contribution in [1.29, 1.82) is 0 Å². The molecule has 0 spiro atoms. The van der Waals surface area contributed by atoms with Crippen LogP contribution in [-0.4, -0.2) is 69.3 Å². The van der Waals surface area contributed by atoms with Gasteiger partial charge in [0.15, 0.2) is 0 Å². The molecule has 5 atom stereocenters. The Morgan fingerprint density at radius 1 is 0.906 bits per heavy atom. The summed E-state index contributed by atoms with van der Waals surface area (Å²) < 4.78 is 0. The summed E-state index contributed by atoms with van der Waals surface area (Å²) in [4.78, 5) is 48.7. The summed E-state index contributed by atoms with van der Waals surface area (Å²) in [5.41, 5.74) is 6.33. The summed E-state index contributed by atoms with van der Waals surface area (Å²) in [7, 11) is 0. The van der Waals surface area contributed by atoms with Crippen LogP contribution in [0.5, 0.6) is 5.75 Å². The number of nitrogens with two attached hydrogens (primary N) is 1. The molecule has 0 aliphatic rings. The Morgan fingerprint density at radius 2 is 1.47 bits per heavy atom. The molecule has 0 aliphatic heterocycles. The maximum absolute atomic E-state index is 12.5. The third kappa shape index (κ3) is 8.16. The average Bonchev–Trinajstić information content (AvgIpc) is 2.71. The second-order valence-electron chi connectivity index (χ2n) is 8.00. The molecule has 1 aromatic rings. The Kier molecular flexibility index (Phi) is 10.1. The number of hydrogen-bond acceptors (Lipinski definition) is 7. The first-order valence-corrected chi connectivity index (χ1v) is 10.2. The first-order valence-electron chi connectivity index (χ1n) is 10.2. The van der Waals surface area contributed by atoms with Crippen LogP contribution in [0.3, 0.4) is 0 Å². The van der Waals surface area contributed by atoms with Gasteiger partial charge in [0.05, 0.1) is 12.1 Å². The zero-order chi connectivity index (χ0) is 24.6. The summed E-state index contributed by atoms with van der Waals surface area (Å²) in [5, 5.41) is 35.7. The Morgan fingerprint density at radius 3 is 1.94 bits per heavy atom. The number of aliphatic carboxylic acids is 1. The lowest BCUT2D eigenvalue weighted by molar-refractivity contribution is -0.142. The van der Waals surface area contributed by atoms with E-state index < -0.39 is 54.0 Å². The molecule has 32 heavy (non-hydrogen) atoms. The molecule has 0 fully saturated rings. The Balaban J connectivity index is 2.77. The van der Waals surface area contributed by atoms with Crippen molar-refractivity contribution in [3.8, 4) is 5.75 Å². The van der Waals surface area contributed by atoms with Crippen molar-refractivity contribution in [3.63, 3.8) is 0 Å². The van der Waals surface area contributed by atoms with Crippen LogP contribution >= 0.6 is 0 Å². The molecule has 178 valence electrons. The fourth-order valence-corrected chi connectivity index (χ4v) is 2.69. The zero-order valence-corrected chi connectivity index (χ0v) is 18.5. The first-order chi connectivity index (χ1) is 14.8. The highest BCUT2D eigenvalue weighted by molar-refractivity contribution is 5.94. The van der Waals surface area contributed by atoms with Crippen molar-refractivity contribution in [2.75, 3.05) is 0 Å². The normalized spacial score (nSPS) is 15.7. The number of aliphatic hydroxyl groups is 1. The molecule has 11 nitrogen and oxygen atoms in total. The van der Waals surface area contributed by atoms with Crippen LogP contribution in [0.4, 0.5) is 0 Å². The number of carbonyl (C=O) groups excluding carboxylic acids is 3. The van der Waals surface area contributed by atoms with Gasteiger partial charge in [-0.1, -0.05) is 26.0 Å². The van der Waals surface area contributed by atoms with Gasteiger partial charge in [-0.3, -0.25) is 14.4 Å². The first kappa shape index (κ1) is 26.9. The van der Waals surface area contributed by atoms with Crippen molar-refractivity contribution < 1.29 is 34.5 Å². The molecule has 1 rings (SSSR count). The molecule has 8 N–H and O–H groups in total. The van der Waals surface area contributed by atoms with Crippen molar-refractivity contribution >= 4 is 23.7 Å². The Hall–Kier alpha value is -3.18.